The van der Waals surface area contributed by atoms with Gasteiger partial charge in [-0.05, 0) is 25.1 Å². The number of aliphatic hydroxyl groups is 1. The van der Waals surface area contributed by atoms with Crippen LogP contribution in [0.25, 0.3) is 0 Å². The Hall–Kier alpha value is -1.47. The smallest absolute Gasteiger partial charge is 0.373 e. The van der Waals surface area contributed by atoms with Crippen LogP contribution in [0.3, 0.4) is 0 Å². The summed E-state index contributed by atoms with van der Waals surface area (Å²) in [5.41, 5.74) is -0.112. The minimum atomic E-state index is -0.315. The van der Waals surface area contributed by atoms with Crippen LogP contribution < -0.4 is 10.6 Å². The van der Waals surface area contributed by atoms with Crippen molar-refractivity contribution in [2.75, 3.05) is 7.11 Å². The number of hydrogen-bond acceptors (Lipinski definition) is 3. The van der Waals surface area contributed by atoms with Crippen molar-refractivity contribution in [1.82, 2.24) is 9.55 Å². The van der Waals surface area contributed by atoms with Crippen molar-refractivity contribution >= 4 is 18.1 Å². The van der Waals surface area contributed by atoms with E-state index in [1.807, 2.05) is 0 Å². The fraction of sp³-hybridized carbons (Fsp3) is 0.615. The van der Waals surface area contributed by atoms with Crippen molar-refractivity contribution in [2.24, 2.45) is 7.05 Å². The average molecular weight is 298 g/mol. The van der Waals surface area contributed by atoms with Gasteiger partial charge in [0.25, 0.3) is 5.56 Å². The molecule has 1 aliphatic rings. The molecule has 0 saturated heterocycles. The first kappa shape index (κ1) is 14.9. The van der Waals surface area contributed by atoms with Crippen molar-refractivity contribution in [2.45, 2.75) is 37.8 Å². The molecule has 1 fully saturated rings. The molecule has 2 rings (SSSR count). The van der Waals surface area contributed by atoms with Gasteiger partial charge in [-0.25, -0.2) is 4.99 Å². The normalized spacial score (nSPS) is 23.8. The van der Waals surface area contributed by atoms with Crippen LogP contribution in [0.1, 0.15) is 31.2 Å². The minimum absolute atomic E-state index is 0.0993. The lowest BCUT2D eigenvalue weighted by Crippen LogP contribution is -2.81. The lowest BCUT2D eigenvalue weighted by molar-refractivity contribution is -0.516. The Morgan fingerprint density at radius 2 is 2.15 bits per heavy atom. The summed E-state index contributed by atoms with van der Waals surface area (Å²) in [5.74, 6) is -0.0993. The Balaban J connectivity index is 2.18. The molecule has 0 aliphatic heterocycles. The third-order valence-electron chi connectivity index (χ3n) is 3.78. The van der Waals surface area contributed by atoms with Gasteiger partial charge in [-0.2, -0.15) is 0 Å². The average Bonchev–Trinajstić information content (AvgIpc) is 2.45. The van der Waals surface area contributed by atoms with Crippen LogP contribution in [0.15, 0.2) is 11.0 Å². The summed E-state index contributed by atoms with van der Waals surface area (Å²) in [5, 5.41) is 10.1. The van der Waals surface area contributed by atoms with Crippen LogP contribution in [0.5, 0.6) is 0 Å². The van der Waals surface area contributed by atoms with Gasteiger partial charge >= 0.3 is 5.90 Å². The van der Waals surface area contributed by atoms with E-state index < -0.39 is 0 Å². The van der Waals surface area contributed by atoms with Gasteiger partial charge < -0.3 is 14.8 Å². The highest BCUT2D eigenvalue weighted by Gasteiger charge is 2.25. The molecule has 1 aromatic heterocycles. The molecule has 110 valence electrons. The molecule has 1 aromatic rings. The van der Waals surface area contributed by atoms with E-state index >= 15 is 0 Å². The van der Waals surface area contributed by atoms with E-state index in [2.05, 4.69) is 9.98 Å². The van der Waals surface area contributed by atoms with E-state index in [0.29, 0.717) is 10.9 Å². The molecule has 0 spiro atoms. The predicted octanol–water partition coefficient (Wildman–Crippen LogP) is -0.214. The molecule has 0 unspecified atom stereocenters. The maximum absolute atomic E-state index is 12.0. The van der Waals surface area contributed by atoms with Gasteiger partial charge in [0.05, 0.1) is 6.10 Å². The third-order valence-corrected chi connectivity index (χ3v) is 4.17. The summed E-state index contributed by atoms with van der Waals surface area (Å²) in [6.07, 6.45) is 5.47. The summed E-state index contributed by atoms with van der Waals surface area (Å²) >= 11 is 4.96. The Labute approximate surface area is 122 Å². The number of aromatic amines is 1. The number of H-pyrrole nitrogens is 1. The second kappa shape index (κ2) is 6.32. The number of rotatable bonds is 3. The molecule has 0 aromatic carbocycles. The monoisotopic (exact) mass is 298 g/mol. The van der Waals surface area contributed by atoms with Gasteiger partial charge in [0.1, 0.15) is 0 Å². The highest BCUT2D eigenvalue weighted by molar-refractivity contribution is 7.71. The molecular weight excluding hydrogens is 278 g/mol. The van der Waals surface area contributed by atoms with Crippen LogP contribution in [0.2, 0.25) is 0 Å². The van der Waals surface area contributed by atoms with E-state index in [0.717, 1.165) is 25.7 Å². The first-order valence-corrected chi connectivity index (χ1v) is 7.08. The number of nitrogens with zero attached hydrogens (tertiary/aromatic N) is 1. The fourth-order valence-corrected chi connectivity index (χ4v) is 2.59. The summed E-state index contributed by atoms with van der Waals surface area (Å²) in [7, 11) is 3.29. The van der Waals surface area contributed by atoms with Gasteiger partial charge in [-0.3, -0.25) is 9.36 Å². The molecule has 1 aliphatic carbocycles. The van der Waals surface area contributed by atoms with Gasteiger partial charge in [0, 0.05) is 33.2 Å². The molecule has 3 N–H and O–H groups in total. The van der Waals surface area contributed by atoms with Gasteiger partial charge in [-0.1, -0.05) is 0 Å². The molecule has 1 heterocycles. The first-order chi connectivity index (χ1) is 9.52. The number of aliphatic hydroxyl groups excluding tert-OH is 1. The second-order valence-corrected chi connectivity index (χ2v) is 5.46. The lowest BCUT2D eigenvalue weighted by Gasteiger charge is -2.22. The fourth-order valence-electron chi connectivity index (χ4n) is 2.45. The molecule has 20 heavy (non-hydrogen) atoms. The summed E-state index contributed by atoms with van der Waals surface area (Å²) < 4.78 is 6.93. The van der Waals surface area contributed by atoms with Crippen molar-refractivity contribution < 1.29 is 14.8 Å². The maximum atomic E-state index is 12.0. The Morgan fingerprint density at radius 1 is 1.50 bits per heavy atom. The van der Waals surface area contributed by atoms with E-state index in [-0.39, 0.29) is 23.1 Å². The molecule has 0 atom stereocenters. The summed E-state index contributed by atoms with van der Waals surface area (Å²) in [6.45, 7) is 0. The minimum Gasteiger partial charge on any atom is -0.460 e. The molecular formula is C13H20N3O3S+. The van der Waals surface area contributed by atoms with Gasteiger partial charge in [0.15, 0.2) is 16.4 Å². The first-order valence-electron chi connectivity index (χ1n) is 6.67. The van der Waals surface area contributed by atoms with Crippen molar-refractivity contribution in [3.63, 3.8) is 0 Å². The zero-order valence-corrected chi connectivity index (χ0v) is 12.5. The molecule has 1 saturated carbocycles. The highest BCUT2D eigenvalue weighted by Crippen LogP contribution is 2.18. The zero-order valence-electron chi connectivity index (χ0n) is 11.7. The zero-order chi connectivity index (χ0) is 14.7. The van der Waals surface area contributed by atoms with Crippen LogP contribution in [0.4, 0.5) is 0 Å². The van der Waals surface area contributed by atoms with Gasteiger partial charge in [-0.15, -0.1) is 0 Å². The standard InChI is InChI=1S/C13H19N3O3S/c1-16-12(18)10(7-14-13(16)20)11(17)15-8-3-5-9(19-2)6-4-8/h7-9H,3-6H2,1-2H3,(H,14,20)(H,15,17)/p+1. The predicted molar refractivity (Wildman–Crippen MR) is 77.6 cm³/mol. The SMILES string of the molecule is COC1CCC([NH+]=C(O)c2c[nH]c(=S)n(C)c2=O)CC1. The molecule has 6 nitrogen and oxygen atoms in total. The van der Waals surface area contributed by atoms with Crippen LogP contribution in [0, 0.1) is 4.77 Å². The number of methoxy groups -OCH3 is 1. The van der Waals surface area contributed by atoms with E-state index in [4.69, 9.17) is 17.0 Å². The quantitative estimate of drug-likeness (QED) is 0.410. The Bertz CT molecular complexity index is 612. The maximum Gasteiger partial charge on any atom is 0.373 e. The van der Waals surface area contributed by atoms with Crippen LogP contribution >= 0.6 is 12.2 Å². The molecule has 0 bridgehead atoms. The van der Waals surface area contributed by atoms with Crippen molar-refractivity contribution in [3.8, 4) is 0 Å². The van der Waals surface area contributed by atoms with Gasteiger partial charge in [0.2, 0.25) is 0 Å². The molecule has 7 heteroatoms. The van der Waals surface area contributed by atoms with Crippen LogP contribution in [-0.2, 0) is 11.8 Å². The topological polar surface area (TPSA) is 81.2 Å². The molecule has 0 radical (unpaired) electrons. The Morgan fingerprint density at radius 3 is 2.75 bits per heavy atom. The molecule has 0 amide bonds. The summed E-state index contributed by atoms with van der Waals surface area (Å²) in [4.78, 5) is 17.8. The number of ether oxygens (including phenoxy) is 1. The van der Waals surface area contributed by atoms with E-state index in [1.54, 1.807) is 14.2 Å². The van der Waals surface area contributed by atoms with Crippen molar-refractivity contribution in [3.05, 3.63) is 26.9 Å². The number of aromatic nitrogens is 2. The lowest BCUT2D eigenvalue weighted by atomic mass is 9.93. The van der Waals surface area contributed by atoms with E-state index in [1.165, 1.54) is 10.8 Å². The third kappa shape index (κ3) is 3.16. The summed E-state index contributed by atoms with van der Waals surface area (Å²) in [6, 6.07) is 0.161. The van der Waals surface area contributed by atoms with Crippen LogP contribution in [-0.4, -0.2) is 39.8 Å². The Kier molecular flexibility index (Phi) is 4.72. The number of nitrogens with one attached hydrogen (secondary N) is 2. The highest BCUT2D eigenvalue weighted by atomic mass is 32.1. The van der Waals surface area contributed by atoms with Crippen molar-refractivity contribution in [1.29, 1.82) is 0 Å². The number of hydrogen-bond donors (Lipinski definition) is 3. The second-order valence-electron chi connectivity index (χ2n) is 5.07. The van der Waals surface area contributed by atoms with E-state index in [9.17, 15) is 9.90 Å². The largest absolute Gasteiger partial charge is 0.460 e.